The number of amides is 1. The summed E-state index contributed by atoms with van der Waals surface area (Å²) in [6.07, 6.45) is 1.79. The second-order valence-electron chi connectivity index (χ2n) is 6.01. The quantitative estimate of drug-likeness (QED) is 0.389. The van der Waals surface area contributed by atoms with Gasteiger partial charge in [0.2, 0.25) is 11.0 Å². The average molecular weight is 430 g/mol. The molecule has 0 unspecified atom stereocenters. The SMILES string of the molecule is C=CCn1c(SCC(=O)Nc2nncs2)nnc1-c1ccc(N(CC)CC)cc1. The number of carbonyl (C=O) groups excluding carboxylic acids is 1. The molecule has 1 N–H and O–H groups in total. The zero-order valence-electron chi connectivity index (χ0n) is 16.4. The molecule has 2 heterocycles. The average Bonchev–Trinajstić information content (AvgIpc) is 3.38. The molecule has 0 saturated heterocycles. The Morgan fingerprint density at radius 2 is 2.00 bits per heavy atom. The third-order valence-electron chi connectivity index (χ3n) is 4.22. The van der Waals surface area contributed by atoms with E-state index in [2.05, 4.69) is 63.2 Å². The third-order valence-corrected chi connectivity index (χ3v) is 5.79. The predicted octanol–water partition coefficient (Wildman–Crippen LogP) is 3.56. The minimum Gasteiger partial charge on any atom is -0.372 e. The molecule has 3 rings (SSSR count). The zero-order valence-corrected chi connectivity index (χ0v) is 18.0. The van der Waals surface area contributed by atoms with E-state index in [9.17, 15) is 4.79 Å². The Labute approximate surface area is 178 Å². The lowest BCUT2D eigenvalue weighted by molar-refractivity contribution is -0.113. The van der Waals surface area contributed by atoms with E-state index in [0.29, 0.717) is 16.8 Å². The molecule has 1 amide bonds. The molecule has 0 bridgehead atoms. The van der Waals surface area contributed by atoms with Gasteiger partial charge in [0.05, 0.1) is 5.75 Å². The molecule has 3 aromatic rings. The van der Waals surface area contributed by atoms with Crippen LogP contribution in [0.3, 0.4) is 0 Å². The Morgan fingerprint density at radius 3 is 2.62 bits per heavy atom. The summed E-state index contributed by atoms with van der Waals surface area (Å²) < 4.78 is 1.96. The van der Waals surface area contributed by atoms with Crippen LogP contribution in [0.25, 0.3) is 11.4 Å². The van der Waals surface area contributed by atoms with Crippen LogP contribution in [-0.4, -0.2) is 49.7 Å². The lowest BCUT2D eigenvalue weighted by Gasteiger charge is -2.21. The standard InChI is InChI=1S/C19H23N7OS2/c1-4-11-26-17(14-7-9-15(10-8-14)25(5-2)6-3)22-24-19(26)28-12-16(27)21-18-23-20-13-29-18/h4,7-10,13H,1,5-6,11-12H2,2-3H3,(H,21,23,27). The molecule has 0 aliphatic rings. The monoisotopic (exact) mass is 429 g/mol. The van der Waals surface area contributed by atoms with Crippen LogP contribution in [0.1, 0.15) is 13.8 Å². The number of anilines is 2. The molecular formula is C19H23N7OS2. The number of allylic oxidation sites excluding steroid dienone is 1. The van der Waals surface area contributed by atoms with Crippen LogP contribution in [0.15, 0.2) is 47.6 Å². The summed E-state index contributed by atoms with van der Waals surface area (Å²) in [7, 11) is 0. The smallest absolute Gasteiger partial charge is 0.236 e. The second kappa shape index (κ2) is 10.2. The van der Waals surface area contributed by atoms with Crippen molar-refractivity contribution in [1.29, 1.82) is 0 Å². The second-order valence-corrected chi connectivity index (χ2v) is 7.78. The van der Waals surface area contributed by atoms with Crippen LogP contribution in [0.5, 0.6) is 0 Å². The Hall–Kier alpha value is -2.72. The largest absolute Gasteiger partial charge is 0.372 e. The fourth-order valence-electron chi connectivity index (χ4n) is 2.83. The molecule has 0 saturated carbocycles. The van der Waals surface area contributed by atoms with Gasteiger partial charge in [-0.1, -0.05) is 29.2 Å². The zero-order chi connectivity index (χ0) is 20.6. The number of nitrogens with zero attached hydrogens (tertiary/aromatic N) is 6. The molecule has 0 spiro atoms. The van der Waals surface area contributed by atoms with Crippen molar-refractivity contribution in [3.63, 3.8) is 0 Å². The van der Waals surface area contributed by atoms with E-state index in [1.807, 2.05) is 16.7 Å². The van der Waals surface area contributed by atoms with E-state index in [1.54, 1.807) is 11.6 Å². The summed E-state index contributed by atoms with van der Waals surface area (Å²) in [5, 5.41) is 20.0. The number of benzene rings is 1. The predicted molar refractivity (Wildman–Crippen MR) is 118 cm³/mol. The molecule has 152 valence electrons. The first-order valence-corrected chi connectivity index (χ1v) is 11.1. The summed E-state index contributed by atoms with van der Waals surface area (Å²) in [5.74, 6) is 0.795. The molecule has 2 aromatic heterocycles. The highest BCUT2D eigenvalue weighted by Crippen LogP contribution is 2.26. The van der Waals surface area contributed by atoms with Gasteiger partial charge < -0.3 is 4.90 Å². The highest BCUT2D eigenvalue weighted by Gasteiger charge is 2.16. The number of hydrogen-bond donors (Lipinski definition) is 1. The van der Waals surface area contributed by atoms with Gasteiger partial charge in [-0.05, 0) is 38.1 Å². The summed E-state index contributed by atoms with van der Waals surface area (Å²) >= 11 is 2.60. The van der Waals surface area contributed by atoms with E-state index >= 15 is 0 Å². The Morgan fingerprint density at radius 1 is 1.24 bits per heavy atom. The molecule has 0 aliphatic heterocycles. The number of rotatable bonds is 10. The van der Waals surface area contributed by atoms with E-state index in [4.69, 9.17) is 0 Å². The van der Waals surface area contributed by atoms with Gasteiger partial charge >= 0.3 is 0 Å². The number of hydrogen-bond acceptors (Lipinski definition) is 8. The van der Waals surface area contributed by atoms with Gasteiger partial charge in [0.15, 0.2) is 11.0 Å². The number of nitrogens with one attached hydrogen (secondary N) is 1. The van der Waals surface area contributed by atoms with Gasteiger partial charge in [0.1, 0.15) is 5.51 Å². The van der Waals surface area contributed by atoms with Gasteiger partial charge in [-0.15, -0.1) is 27.0 Å². The molecule has 8 nitrogen and oxygen atoms in total. The lowest BCUT2D eigenvalue weighted by Crippen LogP contribution is -2.21. The molecule has 0 atom stereocenters. The summed E-state index contributed by atoms with van der Waals surface area (Å²) in [6.45, 7) is 10.6. The summed E-state index contributed by atoms with van der Waals surface area (Å²) in [6, 6.07) is 8.29. The van der Waals surface area contributed by atoms with E-state index in [-0.39, 0.29) is 11.7 Å². The molecule has 10 heteroatoms. The number of thioether (sulfide) groups is 1. The molecular weight excluding hydrogens is 406 g/mol. The molecule has 29 heavy (non-hydrogen) atoms. The first kappa shape index (κ1) is 21.0. The van der Waals surface area contributed by atoms with Crippen molar-refractivity contribution in [1.82, 2.24) is 25.0 Å². The van der Waals surface area contributed by atoms with Gasteiger partial charge in [0.25, 0.3) is 0 Å². The first-order chi connectivity index (χ1) is 14.2. The number of aromatic nitrogens is 5. The van der Waals surface area contributed by atoms with E-state index in [0.717, 1.165) is 24.5 Å². The van der Waals surface area contributed by atoms with Crippen molar-refractivity contribution in [2.75, 3.05) is 29.1 Å². The summed E-state index contributed by atoms with van der Waals surface area (Å²) in [5.41, 5.74) is 3.72. The van der Waals surface area contributed by atoms with Gasteiger partial charge in [-0.25, -0.2) is 0 Å². The summed E-state index contributed by atoms with van der Waals surface area (Å²) in [4.78, 5) is 14.4. The van der Waals surface area contributed by atoms with Crippen molar-refractivity contribution in [2.45, 2.75) is 25.5 Å². The first-order valence-electron chi connectivity index (χ1n) is 9.24. The van der Waals surface area contributed by atoms with Crippen molar-refractivity contribution in [3.05, 3.63) is 42.4 Å². The van der Waals surface area contributed by atoms with E-state index in [1.165, 1.54) is 28.8 Å². The highest BCUT2D eigenvalue weighted by molar-refractivity contribution is 7.99. The molecule has 0 fully saturated rings. The molecule has 0 radical (unpaired) electrons. The van der Waals surface area contributed by atoms with Crippen molar-refractivity contribution >= 4 is 39.8 Å². The minimum atomic E-state index is -0.162. The maximum atomic E-state index is 12.1. The lowest BCUT2D eigenvalue weighted by atomic mass is 10.2. The van der Waals surface area contributed by atoms with Gasteiger partial charge in [-0.2, -0.15) is 0 Å². The van der Waals surface area contributed by atoms with Crippen molar-refractivity contribution < 1.29 is 4.79 Å². The maximum absolute atomic E-state index is 12.1. The Bertz CT molecular complexity index is 934. The van der Waals surface area contributed by atoms with Gasteiger partial charge in [-0.3, -0.25) is 14.7 Å². The topological polar surface area (TPSA) is 88.8 Å². The van der Waals surface area contributed by atoms with Crippen LogP contribution < -0.4 is 10.2 Å². The number of carbonyl (C=O) groups is 1. The molecule has 0 aliphatic carbocycles. The normalized spacial score (nSPS) is 10.7. The fourth-order valence-corrected chi connectivity index (χ4v) is 4.03. The maximum Gasteiger partial charge on any atom is 0.236 e. The van der Waals surface area contributed by atoms with Crippen molar-refractivity contribution in [2.24, 2.45) is 0 Å². The Kier molecular flexibility index (Phi) is 7.36. The van der Waals surface area contributed by atoms with Crippen LogP contribution in [-0.2, 0) is 11.3 Å². The fraction of sp³-hybridized carbons (Fsp3) is 0.316. The third kappa shape index (κ3) is 5.21. The Balaban J connectivity index is 1.74. The van der Waals surface area contributed by atoms with E-state index < -0.39 is 0 Å². The minimum absolute atomic E-state index is 0.162. The van der Waals surface area contributed by atoms with Crippen molar-refractivity contribution in [3.8, 4) is 11.4 Å². The molecule has 1 aromatic carbocycles. The van der Waals surface area contributed by atoms with Crippen LogP contribution >= 0.6 is 23.1 Å². The van der Waals surface area contributed by atoms with Crippen LogP contribution in [0, 0.1) is 0 Å². The van der Waals surface area contributed by atoms with Gasteiger partial charge in [0, 0.05) is 30.9 Å². The van der Waals surface area contributed by atoms with Crippen LogP contribution in [0.2, 0.25) is 0 Å². The van der Waals surface area contributed by atoms with Crippen LogP contribution in [0.4, 0.5) is 10.8 Å². The highest BCUT2D eigenvalue weighted by atomic mass is 32.2.